The Kier molecular flexibility index (Phi) is 5.75. The van der Waals surface area contributed by atoms with Gasteiger partial charge in [0.1, 0.15) is 11.7 Å². The molecule has 0 bridgehead atoms. The minimum Gasteiger partial charge on any atom is -0.307 e. The minimum atomic E-state index is -1.09. The van der Waals surface area contributed by atoms with Crippen LogP contribution in [0.2, 0.25) is 0 Å². The summed E-state index contributed by atoms with van der Waals surface area (Å²) in [5.41, 5.74) is 3.43. The van der Waals surface area contributed by atoms with Crippen LogP contribution in [0.3, 0.4) is 0 Å². The normalized spacial score (nSPS) is 12.7. The van der Waals surface area contributed by atoms with Gasteiger partial charge >= 0.3 is 6.03 Å². The number of carbonyl (C=O) groups excluding carboxylic acids is 4. The molecule has 3 rings (SSSR count). The van der Waals surface area contributed by atoms with Crippen LogP contribution < -0.4 is 16.6 Å². The topological polar surface area (TPSA) is 118 Å². The molecule has 4 N–H and O–H groups in total. The summed E-state index contributed by atoms with van der Waals surface area (Å²) < 4.78 is 0. The number of anilines is 1. The molecular weight excluding hydrogens is 322 g/mol. The van der Waals surface area contributed by atoms with Gasteiger partial charge in [0.15, 0.2) is 11.6 Å². The Labute approximate surface area is 144 Å². The Hall–Kier alpha value is -3.32. The van der Waals surface area contributed by atoms with Gasteiger partial charge in [0, 0.05) is 16.8 Å². The highest BCUT2D eigenvalue weighted by Crippen LogP contribution is 2.26. The number of Topliss-reactive ketones (excluding diaryl/α,β-unsaturated/α-hetero) is 3. The molecule has 0 saturated heterocycles. The fraction of sp³-hybridized carbons (Fsp3) is 0.111. The maximum absolute atomic E-state index is 11.6. The highest BCUT2D eigenvalue weighted by molar-refractivity contribution is 6.35. The van der Waals surface area contributed by atoms with Crippen LogP contribution in [-0.2, 0) is 4.79 Å². The fourth-order valence-electron chi connectivity index (χ4n) is 2.40. The molecule has 0 saturated carbocycles. The van der Waals surface area contributed by atoms with Crippen LogP contribution in [-0.4, -0.2) is 23.4 Å². The molecule has 0 aliphatic heterocycles. The molecule has 0 aromatic heterocycles. The number of nitrogens with one attached hydrogen (secondary N) is 2. The van der Waals surface area contributed by atoms with Crippen molar-refractivity contribution in [3.05, 3.63) is 65.7 Å². The smallest absolute Gasteiger partial charge is 0.307 e. The first-order chi connectivity index (χ1) is 12.0. The molecule has 2 amide bonds. The zero-order chi connectivity index (χ0) is 18.4. The van der Waals surface area contributed by atoms with Gasteiger partial charge in [0.2, 0.25) is 0 Å². The molecule has 0 unspecified atom stereocenters. The molecule has 0 fully saturated rings. The number of fused-ring (bicyclic) bond motifs is 1. The number of rotatable bonds is 2. The largest absolute Gasteiger partial charge is 0.333 e. The van der Waals surface area contributed by atoms with Gasteiger partial charge < -0.3 is 5.32 Å². The molecule has 2 aromatic carbocycles. The van der Waals surface area contributed by atoms with Crippen molar-refractivity contribution in [2.75, 3.05) is 5.32 Å². The van der Waals surface area contributed by atoms with E-state index >= 15 is 0 Å². The van der Waals surface area contributed by atoms with Gasteiger partial charge in [-0.3, -0.25) is 19.8 Å². The third kappa shape index (κ3) is 4.15. The van der Waals surface area contributed by atoms with Crippen molar-refractivity contribution in [3.63, 3.8) is 0 Å². The van der Waals surface area contributed by atoms with Crippen molar-refractivity contribution in [1.82, 2.24) is 5.43 Å². The van der Waals surface area contributed by atoms with Crippen molar-refractivity contribution < 1.29 is 19.2 Å². The third-order valence-corrected chi connectivity index (χ3v) is 3.55. The summed E-state index contributed by atoms with van der Waals surface area (Å²) >= 11 is 0. The average molecular weight is 339 g/mol. The van der Waals surface area contributed by atoms with Crippen LogP contribution in [0.5, 0.6) is 0 Å². The fourth-order valence-corrected chi connectivity index (χ4v) is 2.40. The molecule has 0 heterocycles. The molecule has 0 radical (unpaired) electrons. The number of hydrazine groups is 1. The van der Waals surface area contributed by atoms with Crippen LogP contribution in [0.15, 0.2) is 54.6 Å². The highest BCUT2D eigenvalue weighted by atomic mass is 16.2. The summed E-state index contributed by atoms with van der Waals surface area (Å²) in [6.07, 6.45) is 0. The highest BCUT2D eigenvalue weighted by Gasteiger charge is 2.40. The predicted molar refractivity (Wildman–Crippen MR) is 92.1 cm³/mol. The molecular formula is C18H17N3O4. The van der Waals surface area contributed by atoms with Crippen molar-refractivity contribution in [1.29, 1.82) is 0 Å². The zero-order valence-electron chi connectivity index (χ0n) is 13.5. The molecule has 128 valence electrons. The first-order valence-electron chi connectivity index (χ1n) is 7.46. The second-order valence-electron chi connectivity index (χ2n) is 5.28. The SMILES string of the molecule is CC(=O)C1C(=O)c2ccccc2C1=O.NNC(=O)Nc1ccccc1. The Morgan fingerprint density at radius 2 is 1.36 bits per heavy atom. The Balaban J connectivity index is 0.000000186. The summed E-state index contributed by atoms with van der Waals surface area (Å²) in [5.74, 6) is 2.66. The molecule has 25 heavy (non-hydrogen) atoms. The van der Waals surface area contributed by atoms with E-state index in [0.29, 0.717) is 11.1 Å². The van der Waals surface area contributed by atoms with E-state index in [1.54, 1.807) is 36.4 Å². The number of nitrogens with two attached hydrogens (primary N) is 1. The van der Waals surface area contributed by atoms with E-state index in [0.717, 1.165) is 5.69 Å². The van der Waals surface area contributed by atoms with Crippen molar-refractivity contribution in [2.45, 2.75) is 6.92 Å². The summed E-state index contributed by atoms with van der Waals surface area (Å²) in [6, 6.07) is 15.2. The lowest BCUT2D eigenvalue weighted by Gasteiger charge is -2.01. The van der Waals surface area contributed by atoms with Gasteiger partial charge in [-0.25, -0.2) is 10.6 Å². The van der Waals surface area contributed by atoms with Crippen LogP contribution in [0.4, 0.5) is 10.5 Å². The van der Waals surface area contributed by atoms with Crippen molar-refractivity contribution in [3.8, 4) is 0 Å². The maximum Gasteiger partial charge on any atom is 0.333 e. The molecule has 0 atom stereocenters. The number of hydrogen-bond donors (Lipinski definition) is 3. The first-order valence-corrected chi connectivity index (χ1v) is 7.46. The van der Waals surface area contributed by atoms with Gasteiger partial charge in [-0.15, -0.1) is 0 Å². The van der Waals surface area contributed by atoms with Gasteiger partial charge in [-0.05, 0) is 19.1 Å². The molecule has 0 spiro atoms. The number of para-hydroxylation sites is 1. The first kappa shape index (κ1) is 18.0. The monoisotopic (exact) mass is 339 g/mol. The number of ketones is 3. The standard InChI is InChI=1S/C11H8O3.C7H9N3O/c1-6(12)9-10(13)7-4-2-3-5-8(7)11(9)14;8-10-7(11)9-6-4-2-1-3-5-6/h2-5,9H,1H3;1-5H,8H2,(H2,9,10,11). The van der Waals surface area contributed by atoms with E-state index in [1.807, 2.05) is 23.6 Å². The van der Waals surface area contributed by atoms with Gasteiger partial charge in [0.05, 0.1) is 0 Å². The summed E-state index contributed by atoms with van der Waals surface area (Å²) in [6.45, 7) is 1.27. The Bertz CT molecular complexity index is 783. The maximum atomic E-state index is 11.6. The van der Waals surface area contributed by atoms with Crippen molar-refractivity contribution in [2.24, 2.45) is 11.8 Å². The zero-order valence-corrected chi connectivity index (χ0v) is 13.5. The van der Waals surface area contributed by atoms with Gasteiger partial charge in [-0.2, -0.15) is 0 Å². The van der Waals surface area contributed by atoms with E-state index in [1.165, 1.54) is 6.92 Å². The summed E-state index contributed by atoms with van der Waals surface area (Å²) in [4.78, 5) is 44.9. The van der Waals surface area contributed by atoms with Gasteiger partial charge in [-0.1, -0.05) is 42.5 Å². The molecule has 1 aliphatic rings. The molecule has 7 heteroatoms. The number of benzene rings is 2. The molecule has 1 aliphatic carbocycles. The number of amides is 2. The molecule has 2 aromatic rings. The van der Waals surface area contributed by atoms with Crippen LogP contribution >= 0.6 is 0 Å². The van der Waals surface area contributed by atoms with E-state index in [2.05, 4.69) is 5.32 Å². The Morgan fingerprint density at radius 1 is 0.880 bits per heavy atom. The van der Waals surface area contributed by atoms with Crippen LogP contribution in [0.1, 0.15) is 27.6 Å². The lowest BCUT2D eigenvalue weighted by molar-refractivity contribution is -0.118. The number of urea groups is 1. The number of carbonyl (C=O) groups is 4. The quantitative estimate of drug-likeness (QED) is 0.334. The summed E-state index contributed by atoms with van der Waals surface area (Å²) in [5, 5.41) is 2.52. The van der Waals surface area contributed by atoms with Crippen molar-refractivity contribution >= 4 is 29.1 Å². The molecule has 7 nitrogen and oxygen atoms in total. The van der Waals surface area contributed by atoms with Crippen LogP contribution in [0, 0.1) is 5.92 Å². The van der Waals surface area contributed by atoms with E-state index < -0.39 is 11.9 Å². The number of hydrogen-bond acceptors (Lipinski definition) is 5. The average Bonchev–Trinajstić information content (AvgIpc) is 2.88. The van der Waals surface area contributed by atoms with E-state index in [4.69, 9.17) is 5.84 Å². The second kappa shape index (κ2) is 7.98. The van der Waals surface area contributed by atoms with E-state index in [-0.39, 0.29) is 17.3 Å². The van der Waals surface area contributed by atoms with Crippen LogP contribution in [0.25, 0.3) is 0 Å². The second-order valence-corrected chi connectivity index (χ2v) is 5.28. The van der Waals surface area contributed by atoms with Gasteiger partial charge in [0.25, 0.3) is 0 Å². The predicted octanol–water partition coefficient (Wildman–Crippen LogP) is 1.95. The Morgan fingerprint density at radius 3 is 1.80 bits per heavy atom. The summed E-state index contributed by atoms with van der Waals surface area (Å²) in [7, 11) is 0. The lowest BCUT2D eigenvalue weighted by atomic mass is 10.00. The van der Waals surface area contributed by atoms with E-state index in [9.17, 15) is 19.2 Å². The lowest BCUT2D eigenvalue weighted by Crippen LogP contribution is -2.34. The minimum absolute atomic E-state index is 0.363. The third-order valence-electron chi connectivity index (χ3n) is 3.55.